The van der Waals surface area contributed by atoms with Gasteiger partial charge in [-0.25, -0.2) is 0 Å². The van der Waals surface area contributed by atoms with Crippen molar-refractivity contribution in [3.8, 4) is 0 Å². The molecule has 1 aromatic heterocycles. The van der Waals surface area contributed by atoms with Gasteiger partial charge in [-0.1, -0.05) is 0 Å². The van der Waals surface area contributed by atoms with Crippen LogP contribution in [0.1, 0.15) is 19.0 Å². The van der Waals surface area contributed by atoms with Crippen LogP contribution in [0.2, 0.25) is 0 Å². The minimum Gasteiger partial charge on any atom is -0.382 e. The summed E-state index contributed by atoms with van der Waals surface area (Å²) in [5.41, 5.74) is 1.01. The highest BCUT2D eigenvalue weighted by molar-refractivity contribution is 7.80. The molecule has 0 aliphatic carbocycles. The molecule has 5 nitrogen and oxygen atoms in total. The maximum Gasteiger partial charge on any atom is 0.169 e. The van der Waals surface area contributed by atoms with E-state index in [1.807, 2.05) is 38.2 Å². The van der Waals surface area contributed by atoms with Crippen molar-refractivity contribution < 1.29 is 4.74 Å². The summed E-state index contributed by atoms with van der Waals surface area (Å²) < 4.78 is 7.06. The molecule has 0 amide bonds. The van der Waals surface area contributed by atoms with Gasteiger partial charge in [-0.3, -0.25) is 4.68 Å². The Morgan fingerprint density at radius 1 is 1.61 bits per heavy atom. The average molecular weight is 270 g/mol. The summed E-state index contributed by atoms with van der Waals surface area (Å²) in [5, 5.41) is 8.28. The molecule has 0 saturated carbocycles. The molecule has 0 aliphatic heterocycles. The molecule has 0 fully saturated rings. The fourth-order valence-corrected chi connectivity index (χ4v) is 1.68. The van der Waals surface area contributed by atoms with E-state index < -0.39 is 0 Å². The molecule has 0 unspecified atom stereocenters. The minimum absolute atomic E-state index is 0.720. The van der Waals surface area contributed by atoms with E-state index in [0.29, 0.717) is 0 Å². The van der Waals surface area contributed by atoms with Crippen LogP contribution in [-0.4, -0.2) is 46.6 Å². The zero-order chi connectivity index (χ0) is 13.4. The lowest BCUT2D eigenvalue weighted by Crippen LogP contribution is -2.37. The topological polar surface area (TPSA) is 42.3 Å². The molecule has 1 aromatic rings. The molecule has 0 saturated heterocycles. The van der Waals surface area contributed by atoms with E-state index >= 15 is 0 Å². The predicted octanol–water partition coefficient (Wildman–Crippen LogP) is 1.15. The smallest absolute Gasteiger partial charge is 0.169 e. The van der Waals surface area contributed by atoms with Crippen LogP contribution in [-0.2, 0) is 18.3 Å². The fourth-order valence-electron chi connectivity index (χ4n) is 1.51. The van der Waals surface area contributed by atoms with E-state index in [4.69, 9.17) is 17.0 Å². The van der Waals surface area contributed by atoms with Crippen LogP contribution < -0.4 is 5.32 Å². The van der Waals surface area contributed by atoms with E-state index in [0.717, 1.165) is 43.5 Å². The van der Waals surface area contributed by atoms with Gasteiger partial charge >= 0.3 is 0 Å². The molecule has 1 heterocycles. The molecule has 18 heavy (non-hydrogen) atoms. The Bertz CT molecular complexity index is 367. The third-order valence-corrected chi connectivity index (χ3v) is 2.92. The van der Waals surface area contributed by atoms with E-state index in [9.17, 15) is 0 Å². The molecular formula is C12H22N4OS. The molecule has 0 atom stereocenters. The monoisotopic (exact) mass is 270 g/mol. The van der Waals surface area contributed by atoms with Gasteiger partial charge in [0.15, 0.2) is 5.11 Å². The van der Waals surface area contributed by atoms with E-state index in [1.54, 1.807) is 4.68 Å². The average Bonchev–Trinajstić information content (AvgIpc) is 2.74. The Balaban J connectivity index is 2.20. The van der Waals surface area contributed by atoms with Crippen molar-refractivity contribution in [3.63, 3.8) is 0 Å². The van der Waals surface area contributed by atoms with Gasteiger partial charge in [0.05, 0.1) is 12.2 Å². The molecule has 0 aliphatic rings. The second-order valence-corrected chi connectivity index (χ2v) is 4.51. The maximum absolute atomic E-state index is 5.30. The van der Waals surface area contributed by atoms with Crippen LogP contribution in [0, 0.1) is 0 Å². The lowest BCUT2D eigenvalue weighted by Gasteiger charge is -2.19. The summed E-state index contributed by atoms with van der Waals surface area (Å²) in [6.45, 7) is 5.10. The number of hydrogen-bond acceptors (Lipinski definition) is 3. The third kappa shape index (κ3) is 5.46. The zero-order valence-corrected chi connectivity index (χ0v) is 12.2. The number of nitrogens with zero attached hydrogens (tertiary/aromatic N) is 3. The van der Waals surface area contributed by atoms with Crippen molar-refractivity contribution in [2.24, 2.45) is 7.05 Å². The van der Waals surface area contributed by atoms with Crippen LogP contribution in [0.25, 0.3) is 0 Å². The van der Waals surface area contributed by atoms with Crippen molar-refractivity contribution in [2.75, 3.05) is 26.8 Å². The number of hydrogen-bond donors (Lipinski definition) is 1. The van der Waals surface area contributed by atoms with Crippen molar-refractivity contribution in [1.82, 2.24) is 20.0 Å². The first-order valence-electron chi connectivity index (χ1n) is 6.18. The Morgan fingerprint density at radius 3 is 3.00 bits per heavy atom. The second-order valence-electron chi connectivity index (χ2n) is 4.12. The summed E-state index contributed by atoms with van der Waals surface area (Å²) in [6.07, 6.45) is 2.90. The summed E-state index contributed by atoms with van der Waals surface area (Å²) >= 11 is 5.30. The highest BCUT2D eigenvalue weighted by Gasteiger charge is 2.06. The molecule has 0 aromatic carbocycles. The second kappa shape index (κ2) is 8.05. The van der Waals surface area contributed by atoms with Gasteiger partial charge in [0.2, 0.25) is 0 Å². The number of nitrogens with one attached hydrogen (secondary N) is 1. The number of ether oxygens (including phenoxy) is 1. The highest BCUT2D eigenvalue weighted by atomic mass is 32.1. The molecular weight excluding hydrogens is 248 g/mol. The van der Waals surface area contributed by atoms with Crippen LogP contribution >= 0.6 is 12.2 Å². The normalized spacial score (nSPS) is 10.4. The first-order valence-corrected chi connectivity index (χ1v) is 6.59. The van der Waals surface area contributed by atoms with Crippen LogP contribution in [0.5, 0.6) is 0 Å². The van der Waals surface area contributed by atoms with Crippen molar-refractivity contribution in [2.45, 2.75) is 19.9 Å². The summed E-state index contributed by atoms with van der Waals surface area (Å²) in [4.78, 5) is 1.98. The Morgan fingerprint density at radius 2 is 2.39 bits per heavy atom. The minimum atomic E-state index is 0.720. The van der Waals surface area contributed by atoms with Crippen LogP contribution in [0.3, 0.4) is 0 Å². The van der Waals surface area contributed by atoms with Gasteiger partial charge in [-0.05, 0) is 31.6 Å². The number of aromatic nitrogens is 2. The molecule has 0 bridgehead atoms. The third-order valence-electron chi connectivity index (χ3n) is 2.46. The van der Waals surface area contributed by atoms with Crippen LogP contribution in [0.4, 0.5) is 0 Å². The fraction of sp³-hybridized carbons (Fsp3) is 0.667. The van der Waals surface area contributed by atoms with Gasteiger partial charge in [0.25, 0.3) is 0 Å². The first-order chi connectivity index (χ1) is 8.63. The number of rotatable bonds is 7. The summed E-state index contributed by atoms with van der Waals surface area (Å²) in [7, 11) is 3.88. The first kappa shape index (κ1) is 14.9. The Labute approximate surface area is 114 Å². The van der Waals surface area contributed by atoms with Crippen molar-refractivity contribution in [3.05, 3.63) is 18.0 Å². The standard InChI is InChI=1S/C12H22N4OS/c1-4-17-9-5-7-13-12(18)15(2)10-11-6-8-16(3)14-11/h6,8H,4-5,7,9-10H2,1-3H3,(H,13,18). The molecule has 0 spiro atoms. The van der Waals surface area contributed by atoms with Gasteiger partial charge in [-0.2, -0.15) is 5.10 Å². The Kier molecular flexibility index (Phi) is 6.67. The van der Waals surface area contributed by atoms with Gasteiger partial charge in [-0.15, -0.1) is 0 Å². The summed E-state index contributed by atoms with van der Waals surface area (Å²) in [5.74, 6) is 0. The van der Waals surface area contributed by atoms with Crippen molar-refractivity contribution in [1.29, 1.82) is 0 Å². The molecule has 1 rings (SSSR count). The molecule has 1 N–H and O–H groups in total. The van der Waals surface area contributed by atoms with Crippen LogP contribution in [0.15, 0.2) is 12.3 Å². The van der Waals surface area contributed by atoms with Crippen molar-refractivity contribution >= 4 is 17.3 Å². The predicted molar refractivity (Wildman–Crippen MR) is 76.4 cm³/mol. The largest absolute Gasteiger partial charge is 0.382 e. The SMILES string of the molecule is CCOCCCNC(=S)N(C)Cc1ccn(C)n1. The quantitative estimate of drug-likeness (QED) is 0.595. The van der Waals surface area contributed by atoms with E-state index in [2.05, 4.69) is 10.4 Å². The van der Waals surface area contributed by atoms with E-state index in [-0.39, 0.29) is 0 Å². The highest BCUT2D eigenvalue weighted by Crippen LogP contribution is 1.99. The molecule has 0 radical (unpaired) electrons. The molecule has 6 heteroatoms. The van der Waals surface area contributed by atoms with E-state index in [1.165, 1.54) is 0 Å². The lowest BCUT2D eigenvalue weighted by atomic mass is 10.4. The maximum atomic E-state index is 5.30. The number of aryl methyl sites for hydroxylation is 1. The zero-order valence-electron chi connectivity index (χ0n) is 11.3. The van der Waals surface area contributed by atoms with Gasteiger partial charge in [0, 0.05) is 40.1 Å². The van der Waals surface area contributed by atoms with Gasteiger partial charge < -0.3 is 15.0 Å². The lowest BCUT2D eigenvalue weighted by molar-refractivity contribution is 0.145. The Hall–Kier alpha value is -1.14. The number of thiocarbonyl (C=S) groups is 1. The summed E-state index contributed by atoms with van der Waals surface area (Å²) in [6, 6.07) is 1.99. The molecule has 102 valence electrons. The van der Waals surface area contributed by atoms with Gasteiger partial charge in [0.1, 0.15) is 0 Å².